The van der Waals surface area contributed by atoms with Gasteiger partial charge in [-0.1, -0.05) is 77.1 Å². The highest BCUT2D eigenvalue weighted by Gasteiger charge is 2.72. The van der Waals surface area contributed by atoms with Gasteiger partial charge in [0.1, 0.15) is 0 Å². The molecule has 5 fully saturated rings. The molecule has 1 amide bonds. The Morgan fingerprint density at radius 1 is 0.860 bits per heavy atom. The summed E-state index contributed by atoms with van der Waals surface area (Å²) in [5, 5.41) is 3.51. The Kier molecular flexibility index (Phi) is 7.53. The molecule has 0 radical (unpaired) electrons. The summed E-state index contributed by atoms with van der Waals surface area (Å²) in [7, 11) is 1.60. The predicted molar refractivity (Wildman–Crippen MR) is 173 cm³/mol. The second kappa shape index (κ2) is 10.5. The van der Waals surface area contributed by atoms with Gasteiger partial charge in [0.15, 0.2) is 0 Å². The number of rotatable bonds is 5. The third-order valence-electron chi connectivity index (χ3n) is 15.2. The van der Waals surface area contributed by atoms with Crippen molar-refractivity contribution in [3.05, 3.63) is 48.0 Å². The average Bonchev–Trinajstić information content (AvgIpc) is 3.36. The van der Waals surface area contributed by atoms with Crippen LogP contribution in [0.5, 0.6) is 0 Å². The fraction of sp³-hybridized carbons (Fsp3) is 0.744. The summed E-state index contributed by atoms with van der Waals surface area (Å²) < 4.78 is 5.55. The van der Waals surface area contributed by atoms with Crippen LogP contribution in [0.1, 0.15) is 111 Å². The largest absolute Gasteiger partial charge is 0.469 e. The van der Waals surface area contributed by atoms with Gasteiger partial charge >= 0.3 is 5.97 Å². The van der Waals surface area contributed by atoms with E-state index in [1.807, 2.05) is 30.3 Å². The minimum Gasteiger partial charge on any atom is -0.469 e. The highest BCUT2D eigenvalue weighted by Crippen LogP contribution is 2.77. The Labute approximate surface area is 261 Å². The summed E-state index contributed by atoms with van der Waals surface area (Å²) in [6.07, 6.45) is 11.7. The van der Waals surface area contributed by atoms with Crippen LogP contribution in [-0.4, -0.2) is 25.0 Å². The van der Waals surface area contributed by atoms with Gasteiger partial charge in [0, 0.05) is 6.04 Å². The van der Waals surface area contributed by atoms with Crippen molar-refractivity contribution in [3.63, 3.8) is 0 Å². The molecule has 4 heteroatoms. The number of allylic oxidation sites excluding steroid dienone is 1. The van der Waals surface area contributed by atoms with Crippen LogP contribution in [0, 0.1) is 56.7 Å². The fourth-order valence-electron chi connectivity index (χ4n) is 13.0. The van der Waals surface area contributed by atoms with Crippen molar-refractivity contribution in [1.29, 1.82) is 0 Å². The van der Waals surface area contributed by atoms with Gasteiger partial charge in [-0.25, -0.2) is 0 Å². The van der Waals surface area contributed by atoms with Crippen LogP contribution in [0.2, 0.25) is 0 Å². The first-order chi connectivity index (χ1) is 20.2. The van der Waals surface area contributed by atoms with Crippen LogP contribution in [0.15, 0.2) is 42.5 Å². The molecule has 0 bridgehead atoms. The number of ether oxygens (including phenoxy) is 1. The van der Waals surface area contributed by atoms with Crippen LogP contribution >= 0.6 is 0 Å². The quantitative estimate of drug-likeness (QED) is 0.277. The fourth-order valence-corrected chi connectivity index (χ4v) is 13.0. The van der Waals surface area contributed by atoms with E-state index in [-0.39, 0.29) is 45.0 Å². The van der Waals surface area contributed by atoms with Gasteiger partial charge < -0.3 is 10.1 Å². The molecule has 4 unspecified atom stereocenters. The number of esters is 1. The number of nitrogens with one attached hydrogen (secondary N) is 1. The molecular weight excluding hydrogens is 530 g/mol. The second-order valence-corrected chi connectivity index (χ2v) is 17.0. The van der Waals surface area contributed by atoms with E-state index in [9.17, 15) is 9.59 Å². The van der Waals surface area contributed by atoms with Gasteiger partial charge in [-0.2, -0.15) is 0 Å². The number of benzene rings is 1. The number of fused-ring (bicyclic) bond motifs is 7. The van der Waals surface area contributed by atoms with Crippen LogP contribution in [-0.2, 0) is 20.7 Å². The lowest BCUT2D eigenvalue weighted by atomic mass is 9.32. The molecule has 0 spiro atoms. The van der Waals surface area contributed by atoms with E-state index < -0.39 is 0 Å². The number of hydrogen-bond acceptors (Lipinski definition) is 3. The van der Waals surface area contributed by atoms with Gasteiger partial charge in [-0.3, -0.25) is 9.59 Å². The smallest absolute Gasteiger partial charge is 0.312 e. The topological polar surface area (TPSA) is 55.4 Å². The lowest BCUT2D eigenvalue weighted by Gasteiger charge is -2.73. The maximum absolute atomic E-state index is 13.5. The van der Waals surface area contributed by atoms with Crippen LogP contribution in [0.4, 0.5) is 0 Å². The van der Waals surface area contributed by atoms with Crippen molar-refractivity contribution < 1.29 is 14.3 Å². The summed E-state index contributed by atoms with van der Waals surface area (Å²) in [6, 6.07) is 10.3. The van der Waals surface area contributed by atoms with Crippen molar-refractivity contribution in [3.8, 4) is 0 Å². The molecule has 0 aromatic heterocycles. The maximum atomic E-state index is 13.5. The first-order valence-corrected chi connectivity index (χ1v) is 17.3. The highest BCUT2D eigenvalue weighted by atomic mass is 16.5. The number of methoxy groups -OCH3 is 1. The second-order valence-electron chi connectivity index (χ2n) is 17.0. The van der Waals surface area contributed by atoms with E-state index in [0.717, 1.165) is 37.7 Å². The third kappa shape index (κ3) is 4.34. The zero-order chi connectivity index (χ0) is 31.0. The third-order valence-corrected chi connectivity index (χ3v) is 15.2. The Bertz CT molecular complexity index is 1270. The van der Waals surface area contributed by atoms with Crippen LogP contribution in [0.25, 0.3) is 0 Å². The van der Waals surface area contributed by atoms with Crippen molar-refractivity contribution in [1.82, 2.24) is 5.32 Å². The van der Waals surface area contributed by atoms with Crippen LogP contribution < -0.4 is 5.32 Å². The maximum Gasteiger partial charge on any atom is 0.312 e. The molecule has 6 rings (SSSR count). The lowest BCUT2D eigenvalue weighted by Crippen LogP contribution is -2.68. The molecule has 1 aromatic carbocycles. The highest BCUT2D eigenvalue weighted by molar-refractivity contribution is 5.79. The van der Waals surface area contributed by atoms with Gasteiger partial charge in [0.05, 0.1) is 18.9 Å². The zero-order valence-electron chi connectivity index (χ0n) is 28.1. The number of carbonyl (C=O) groups excluding carboxylic acids is 2. The minimum absolute atomic E-state index is 0.0422. The summed E-state index contributed by atoms with van der Waals surface area (Å²) in [6.45, 7) is 19.4. The van der Waals surface area contributed by atoms with Crippen LogP contribution in [0.3, 0.4) is 0 Å². The molecule has 0 saturated heterocycles. The normalized spacial score (nSPS) is 44.6. The van der Waals surface area contributed by atoms with E-state index in [0.29, 0.717) is 36.0 Å². The van der Waals surface area contributed by atoms with Gasteiger partial charge in [0.25, 0.3) is 0 Å². The van der Waals surface area contributed by atoms with E-state index in [1.165, 1.54) is 37.7 Å². The first-order valence-electron chi connectivity index (χ1n) is 17.3. The molecule has 5 aliphatic carbocycles. The number of carbonyl (C=O) groups is 2. The molecular formula is C39H57NO3. The SMILES string of the molecule is C=C(C)[C@@H]1CC[C@]2(C(=O)OC)CC[C@]3(C)C(CCC4[C@@]5(C)CC[C@H](NC(=O)Cc6ccccc6)C(C)(C)C5CC[C@]43C)C12. The van der Waals surface area contributed by atoms with Gasteiger partial charge in [-0.15, -0.1) is 0 Å². The molecule has 1 aromatic rings. The van der Waals surface area contributed by atoms with Crippen molar-refractivity contribution >= 4 is 11.9 Å². The average molecular weight is 588 g/mol. The number of amides is 1. The van der Waals surface area contributed by atoms with Gasteiger partial charge in [0.2, 0.25) is 5.91 Å². The van der Waals surface area contributed by atoms with E-state index in [2.05, 4.69) is 53.4 Å². The molecule has 1 N–H and O–H groups in total. The van der Waals surface area contributed by atoms with E-state index >= 15 is 0 Å². The molecule has 4 nitrogen and oxygen atoms in total. The molecule has 5 saturated carbocycles. The van der Waals surface area contributed by atoms with Gasteiger partial charge in [-0.05, 0) is 128 Å². The molecule has 0 aliphatic heterocycles. The lowest BCUT2D eigenvalue weighted by molar-refractivity contribution is -0.240. The summed E-state index contributed by atoms with van der Waals surface area (Å²) >= 11 is 0. The van der Waals surface area contributed by atoms with E-state index in [4.69, 9.17) is 4.74 Å². The van der Waals surface area contributed by atoms with Crippen molar-refractivity contribution in [2.75, 3.05) is 7.11 Å². The summed E-state index contributed by atoms with van der Waals surface area (Å²) in [5.74, 6) is 2.75. The molecule has 43 heavy (non-hydrogen) atoms. The van der Waals surface area contributed by atoms with E-state index in [1.54, 1.807) is 7.11 Å². The Morgan fingerprint density at radius 2 is 1.58 bits per heavy atom. The molecule has 0 heterocycles. The molecule has 236 valence electrons. The number of hydrogen-bond donors (Lipinski definition) is 1. The standard InChI is InChI=1S/C39H57NO3/c1-25(2)27-16-21-39(34(42)43-8)23-22-37(6)28(33(27)39)14-15-30-36(5)19-18-31(35(3,4)29(36)17-20-38(30,37)7)40-32(41)24-26-12-10-9-11-13-26/h9-13,27-31,33H,1,14-24H2,2-8H3,(H,40,41)/t27-,28?,29?,30?,31-,33?,36-,37+,38+,39-/m0/s1. The first kappa shape index (κ1) is 30.9. The Morgan fingerprint density at radius 3 is 2.26 bits per heavy atom. The van der Waals surface area contributed by atoms with Crippen molar-refractivity contribution in [2.45, 2.75) is 118 Å². The summed E-state index contributed by atoms with van der Waals surface area (Å²) in [4.78, 5) is 26.7. The Hall–Kier alpha value is -2.10. The minimum atomic E-state index is -0.329. The monoisotopic (exact) mass is 587 g/mol. The molecule has 5 aliphatic rings. The zero-order valence-corrected chi connectivity index (χ0v) is 28.1. The summed E-state index contributed by atoms with van der Waals surface area (Å²) in [5.41, 5.74) is 2.76. The van der Waals surface area contributed by atoms with Crippen molar-refractivity contribution in [2.24, 2.45) is 56.7 Å². The Balaban J connectivity index is 1.27. The predicted octanol–water partition coefficient (Wildman–Crippen LogP) is 8.54. The molecule has 10 atom stereocenters.